The van der Waals surface area contributed by atoms with Gasteiger partial charge in [0.1, 0.15) is 64.9 Å². The van der Waals surface area contributed by atoms with Gasteiger partial charge in [0.25, 0.3) is 6.47 Å². The van der Waals surface area contributed by atoms with E-state index in [2.05, 4.69) is 9.62 Å². The van der Waals surface area contributed by atoms with Crippen molar-refractivity contribution in [3.63, 3.8) is 0 Å². The maximum absolute atomic E-state index is 12.4. The first kappa shape index (κ1) is 75.1. The quantitative estimate of drug-likeness (QED) is 0.0181. The Morgan fingerprint density at radius 2 is 0.906 bits per heavy atom. The first-order chi connectivity index (χ1) is 38.6. The van der Waals surface area contributed by atoms with Gasteiger partial charge in [-0.15, -0.1) is 0 Å². The number of carbonyl (C=O) groups excluding carboxylic acids is 6. The molecule has 3 saturated carbocycles. The molecule has 18 nitrogen and oxygen atoms in total. The fourth-order valence-corrected chi connectivity index (χ4v) is 8.59. The monoisotopic (exact) mass is 1180 g/mol. The zero-order valence-electron chi connectivity index (χ0n) is 53.2. The number of rotatable bonds is 18. The van der Waals surface area contributed by atoms with Gasteiger partial charge in [0.2, 0.25) is 5.76 Å². The van der Waals surface area contributed by atoms with E-state index in [9.17, 15) is 24.0 Å². The van der Waals surface area contributed by atoms with Crippen molar-refractivity contribution in [1.29, 1.82) is 5.26 Å². The van der Waals surface area contributed by atoms with Crippen molar-refractivity contribution >= 4 is 47.4 Å². The number of esters is 4. The number of benzene rings is 2. The molecule has 5 aromatic rings. The van der Waals surface area contributed by atoms with Gasteiger partial charge in [-0.2, -0.15) is 5.26 Å². The summed E-state index contributed by atoms with van der Waals surface area (Å²) in [6.07, 6.45) is 6.77. The van der Waals surface area contributed by atoms with E-state index in [1.54, 1.807) is 12.1 Å². The molecule has 0 unspecified atom stereocenters. The van der Waals surface area contributed by atoms with Gasteiger partial charge in [-0.3, -0.25) is 24.0 Å². The molecule has 0 bridgehead atoms. The van der Waals surface area contributed by atoms with E-state index in [1.807, 2.05) is 181 Å². The van der Waals surface area contributed by atoms with Crippen LogP contribution in [0.1, 0.15) is 201 Å². The minimum Gasteiger partial charge on any atom is -1.00 e. The normalized spacial score (nSPS) is 14.7. The van der Waals surface area contributed by atoms with Crippen molar-refractivity contribution in [3.8, 4) is 6.07 Å². The van der Waals surface area contributed by atoms with E-state index in [-0.39, 0.29) is 105 Å². The van der Waals surface area contributed by atoms with Gasteiger partial charge in [-0.25, -0.2) is 4.79 Å². The molecule has 3 heterocycles. The third-order valence-electron chi connectivity index (χ3n) is 13.1. The van der Waals surface area contributed by atoms with Crippen LogP contribution in [0.15, 0.2) is 110 Å². The zero-order chi connectivity index (χ0) is 62.1. The number of furan rings is 3. The SMILES string of the molecule is CC(C)(C)OC(=O)CC1(c2ccc(C#N)o2)CC1.CC(C)(C)OC(=O)CC1(c2ccc(C(C)(C)CC(=O)OCc3ccccc3)o2)CC1.CC(C)(C)OC(=O)CC1(c2ccc(C(C)(C)N)o2)CC1.O=C(Cl)OCc1ccccc1.O=CO[O-].[H-].[Li+].[Li+]. The van der Waals surface area contributed by atoms with E-state index in [0.29, 0.717) is 25.0 Å². The summed E-state index contributed by atoms with van der Waals surface area (Å²) in [6, 6.07) is 32.1. The molecule has 3 fully saturated rings. The maximum atomic E-state index is 12.4. The third-order valence-corrected chi connectivity index (χ3v) is 13.2. The Morgan fingerprint density at radius 1 is 0.565 bits per heavy atom. The molecule has 3 aliphatic carbocycles. The number of nitrogens with two attached hydrogens (primary N) is 1. The second kappa shape index (κ2) is 32.1. The molecule has 454 valence electrons. The van der Waals surface area contributed by atoms with Crippen LogP contribution in [-0.2, 0) is 93.0 Å². The Kier molecular flexibility index (Phi) is 28.4. The van der Waals surface area contributed by atoms with Gasteiger partial charge in [-0.1, -0.05) is 74.5 Å². The number of ether oxygens (including phenoxy) is 5. The van der Waals surface area contributed by atoms with E-state index < -0.39 is 33.2 Å². The maximum Gasteiger partial charge on any atom is 1.00 e. The first-order valence-electron chi connectivity index (χ1n) is 27.5. The summed E-state index contributed by atoms with van der Waals surface area (Å²) in [7, 11) is 0. The average Bonchev–Trinajstić information content (AvgIpc) is 1.98. The minimum absolute atomic E-state index is 0. The Hall–Kier alpha value is -6.01. The van der Waals surface area contributed by atoms with Crippen molar-refractivity contribution < 1.29 is 115 Å². The molecular weight excluding hydrogens is 1100 g/mol. The van der Waals surface area contributed by atoms with Crippen LogP contribution in [0.25, 0.3) is 0 Å². The van der Waals surface area contributed by atoms with Crippen LogP contribution < -0.4 is 48.7 Å². The van der Waals surface area contributed by atoms with Gasteiger partial charge in [0.15, 0.2) is 0 Å². The van der Waals surface area contributed by atoms with E-state index in [4.69, 9.17) is 64.8 Å². The smallest absolute Gasteiger partial charge is 1.00 e. The molecule has 21 heteroatoms. The minimum atomic E-state index is -0.770. The summed E-state index contributed by atoms with van der Waals surface area (Å²) in [5.41, 5.74) is 4.06. The molecule has 3 aliphatic rings. The summed E-state index contributed by atoms with van der Waals surface area (Å²) in [5.74, 6) is 3.30. The molecule has 8 rings (SSSR count). The first-order valence-corrected chi connectivity index (χ1v) is 27.9. The van der Waals surface area contributed by atoms with Crippen LogP contribution in [0.4, 0.5) is 4.79 Å². The molecule has 0 spiro atoms. The standard InChI is InChI=1S/C25H32O5.C16H25NO3.C14H17NO3.C8H7ClO2.CH2O3.2Li.H/c1-23(2,3)30-22(27)16-25(13-14-25)20-12-11-19(29-20)24(4,5)15-21(26)28-17-18-9-7-6-8-10-18;1-14(2,3)20-13(18)10-16(8-9-16)12-7-6-11(19-12)15(4,5)17;1-13(2,3)18-12(16)8-14(6-7-14)11-5-4-10(9-15)17-11;9-8(10)11-6-7-4-2-1-3-5-7;2-1-4-3;;;/h6-12H,13-17H2,1-5H3;6-7H,8-10,17H2,1-5H3;4-5H,6-8H2,1-3H3;1-5H,6H2;1,3H;;;/q;;;;;2*+1;-1/p-1. The molecule has 0 atom stereocenters. The summed E-state index contributed by atoms with van der Waals surface area (Å²) in [5, 5.41) is 17.2. The van der Waals surface area contributed by atoms with Crippen LogP contribution in [0, 0.1) is 11.3 Å². The summed E-state index contributed by atoms with van der Waals surface area (Å²) in [4.78, 5) is 69.9. The molecule has 0 aliphatic heterocycles. The second-order valence-electron chi connectivity index (χ2n) is 25.4. The van der Waals surface area contributed by atoms with Crippen LogP contribution >= 0.6 is 11.6 Å². The summed E-state index contributed by atoms with van der Waals surface area (Å²) in [6.45, 7) is 24.9. The Labute approximate surface area is 530 Å². The summed E-state index contributed by atoms with van der Waals surface area (Å²) < 4.78 is 43.6. The van der Waals surface area contributed by atoms with Crippen molar-refractivity contribution in [2.24, 2.45) is 5.73 Å². The van der Waals surface area contributed by atoms with Gasteiger partial charge >= 0.3 is 67.0 Å². The molecule has 2 aromatic carbocycles. The van der Waals surface area contributed by atoms with Crippen molar-refractivity contribution in [2.75, 3.05) is 0 Å². The molecule has 2 N–H and O–H groups in total. The number of hydrogen-bond donors (Lipinski definition) is 1. The number of nitriles is 1. The van der Waals surface area contributed by atoms with Gasteiger partial charge in [-0.05, 0) is 162 Å². The predicted molar refractivity (Wildman–Crippen MR) is 307 cm³/mol. The topological polar surface area (TPSA) is 270 Å². The number of hydrogen-bond acceptors (Lipinski definition) is 18. The zero-order valence-corrected chi connectivity index (χ0v) is 53.0. The Morgan fingerprint density at radius 3 is 1.21 bits per heavy atom. The van der Waals surface area contributed by atoms with E-state index in [1.165, 1.54) is 0 Å². The Balaban J connectivity index is 0.000000581. The van der Waals surface area contributed by atoms with E-state index in [0.717, 1.165) is 78.5 Å². The molecular formula is C64H83ClLi2N2O16. The average molecular weight is 1190 g/mol. The van der Waals surface area contributed by atoms with Crippen LogP contribution in [-0.4, -0.2) is 52.6 Å². The summed E-state index contributed by atoms with van der Waals surface area (Å²) >= 11 is 4.97. The van der Waals surface area contributed by atoms with E-state index >= 15 is 0 Å². The molecule has 0 amide bonds. The fourth-order valence-electron chi connectivity index (χ4n) is 8.54. The van der Waals surface area contributed by atoms with Gasteiger partial charge in [0, 0.05) is 33.3 Å². The van der Waals surface area contributed by atoms with Crippen molar-refractivity contribution in [2.45, 2.75) is 211 Å². The van der Waals surface area contributed by atoms with Gasteiger partial charge < -0.3 is 54.2 Å². The number of halogens is 1. The largest absolute Gasteiger partial charge is 1.00 e. The molecule has 3 aromatic heterocycles. The Bertz CT molecular complexity index is 2970. The van der Waals surface area contributed by atoms with Crippen LogP contribution in [0.2, 0.25) is 0 Å². The molecule has 85 heavy (non-hydrogen) atoms. The number of carbonyl (C=O) groups is 6. The predicted octanol–water partition coefficient (Wildman–Crippen LogP) is 6.72. The molecule has 0 radical (unpaired) electrons. The van der Waals surface area contributed by atoms with Crippen LogP contribution in [0.5, 0.6) is 0 Å². The number of nitrogens with zero attached hydrogens (tertiary/aromatic N) is 1. The van der Waals surface area contributed by atoms with Gasteiger partial charge in [0.05, 0.1) is 31.2 Å². The second-order valence-corrected chi connectivity index (χ2v) is 25.7. The fraction of sp³-hybridized carbons (Fsp3) is 0.516. The van der Waals surface area contributed by atoms with Crippen molar-refractivity contribution in [1.82, 2.24) is 0 Å². The molecule has 0 saturated heterocycles. The van der Waals surface area contributed by atoms with Crippen molar-refractivity contribution in [3.05, 3.63) is 143 Å². The van der Waals surface area contributed by atoms with Crippen LogP contribution in [0.3, 0.4) is 0 Å². The third kappa shape index (κ3) is 26.7.